The number of methoxy groups -OCH3 is 1. The second-order valence-electron chi connectivity index (χ2n) is 8.12. The van der Waals surface area contributed by atoms with Crippen LogP contribution in [-0.2, 0) is 6.61 Å². The van der Waals surface area contributed by atoms with Gasteiger partial charge in [-0.05, 0) is 42.3 Å². The second-order valence-corrected chi connectivity index (χ2v) is 8.97. The number of anilines is 1. The predicted octanol–water partition coefficient (Wildman–Crippen LogP) is 4.96. The van der Waals surface area contributed by atoms with Crippen LogP contribution in [0.4, 0.5) is 5.69 Å². The van der Waals surface area contributed by atoms with Gasteiger partial charge in [0.25, 0.3) is 0 Å². The molecule has 8 heteroatoms. The van der Waals surface area contributed by atoms with Gasteiger partial charge in [0, 0.05) is 35.1 Å². The van der Waals surface area contributed by atoms with Gasteiger partial charge < -0.3 is 14.6 Å². The van der Waals surface area contributed by atoms with Gasteiger partial charge >= 0.3 is 5.97 Å². The van der Waals surface area contributed by atoms with E-state index in [1.54, 1.807) is 24.0 Å². The van der Waals surface area contributed by atoms with Gasteiger partial charge in [-0.25, -0.2) is 4.79 Å². The number of carbonyl (C=O) groups is 1. The van der Waals surface area contributed by atoms with Crippen molar-refractivity contribution in [2.75, 3.05) is 12.1 Å². The van der Waals surface area contributed by atoms with E-state index >= 15 is 0 Å². The lowest BCUT2D eigenvalue weighted by molar-refractivity contribution is 0.0694. The molecule has 0 unspecified atom stereocenters. The van der Waals surface area contributed by atoms with E-state index in [2.05, 4.69) is 15.9 Å². The second kappa shape index (κ2) is 9.48. The molecule has 0 atom stereocenters. The summed E-state index contributed by atoms with van der Waals surface area (Å²) in [7, 11) is 1.57. The van der Waals surface area contributed by atoms with Crippen molar-refractivity contribution >= 4 is 27.6 Å². The summed E-state index contributed by atoms with van der Waals surface area (Å²) in [6.07, 6.45) is 2.86. The number of hydrogen-bond acceptors (Lipinski definition) is 5. The maximum absolute atomic E-state index is 12.0. The first kappa shape index (κ1) is 23.4. The molecule has 0 aliphatic rings. The lowest BCUT2D eigenvalue weighted by Gasteiger charge is -2.39. The topological polar surface area (TPSA) is 81.0 Å². The summed E-state index contributed by atoms with van der Waals surface area (Å²) in [6, 6.07) is 14.7. The number of hydrogen-bond donors (Lipinski definition) is 1. The van der Waals surface area contributed by atoms with Crippen LogP contribution in [0.15, 0.2) is 70.2 Å². The molecule has 0 fully saturated rings. The number of aromatic carboxylic acids is 1. The van der Waals surface area contributed by atoms with Gasteiger partial charge in [-0.15, -0.1) is 0 Å². The number of carboxylic acids is 1. The molecule has 168 valence electrons. The summed E-state index contributed by atoms with van der Waals surface area (Å²) in [5, 5.41) is 11.3. The number of rotatable bonds is 7. The molecular weight excluding hydrogens is 476 g/mol. The van der Waals surface area contributed by atoms with Crippen LogP contribution >= 0.6 is 15.9 Å². The minimum atomic E-state index is -1.28. The van der Waals surface area contributed by atoms with Crippen molar-refractivity contribution in [2.45, 2.75) is 32.9 Å². The average molecular weight is 501 g/mol. The smallest absolute Gasteiger partial charge is 0.341 e. The van der Waals surface area contributed by atoms with Crippen LogP contribution in [0.3, 0.4) is 0 Å². The molecular formula is C24H25BrN2O5. The van der Waals surface area contributed by atoms with E-state index in [-0.39, 0.29) is 5.56 Å². The summed E-state index contributed by atoms with van der Waals surface area (Å²) < 4.78 is 13.9. The van der Waals surface area contributed by atoms with E-state index < -0.39 is 16.9 Å². The van der Waals surface area contributed by atoms with Crippen molar-refractivity contribution in [1.82, 2.24) is 4.68 Å². The molecule has 0 aliphatic heterocycles. The van der Waals surface area contributed by atoms with Gasteiger partial charge in [-0.1, -0.05) is 30.3 Å². The molecule has 0 spiro atoms. The number of halogens is 1. The Kier molecular flexibility index (Phi) is 6.93. The van der Waals surface area contributed by atoms with Crippen molar-refractivity contribution in [3.05, 3.63) is 86.7 Å². The highest BCUT2D eigenvalue weighted by atomic mass is 79.9. The Morgan fingerprint density at radius 1 is 1.12 bits per heavy atom. The molecule has 7 nitrogen and oxygen atoms in total. The van der Waals surface area contributed by atoms with Crippen molar-refractivity contribution in [3.63, 3.8) is 0 Å². The van der Waals surface area contributed by atoms with Crippen LogP contribution in [-0.4, -0.2) is 28.4 Å². The third-order valence-electron chi connectivity index (χ3n) is 4.70. The van der Waals surface area contributed by atoms with Gasteiger partial charge in [-0.2, -0.15) is 0 Å². The summed E-state index contributed by atoms with van der Waals surface area (Å²) in [4.78, 5) is 23.5. The zero-order chi connectivity index (χ0) is 23.5. The molecule has 1 N–H and O–H groups in total. The van der Waals surface area contributed by atoms with Crippen molar-refractivity contribution in [1.29, 1.82) is 0 Å². The Hall–Kier alpha value is -3.26. The third kappa shape index (κ3) is 5.13. The lowest BCUT2D eigenvalue weighted by atomic mass is 10.1. The van der Waals surface area contributed by atoms with E-state index in [1.165, 1.54) is 12.3 Å². The number of pyridine rings is 1. The molecule has 0 saturated heterocycles. The van der Waals surface area contributed by atoms with Crippen LogP contribution < -0.4 is 19.9 Å². The summed E-state index contributed by atoms with van der Waals surface area (Å²) in [6.45, 7) is 6.29. The minimum Gasteiger partial charge on any atom is -0.493 e. The molecule has 0 amide bonds. The minimum absolute atomic E-state index is 0.313. The Labute approximate surface area is 194 Å². The maximum Gasteiger partial charge on any atom is 0.341 e. The SMILES string of the molecule is COc1cc(Br)c(N(n2ccc(=O)c(C(=O)O)c2)C(C)(C)C)cc1OCc1ccccc1. The van der Waals surface area contributed by atoms with Crippen LogP contribution in [0.1, 0.15) is 36.7 Å². The van der Waals surface area contributed by atoms with Crippen molar-refractivity contribution in [3.8, 4) is 11.5 Å². The first-order valence-corrected chi connectivity index (χ1v) is 10.7. The van der Waals surface area contributed by atoms with E-state index in [0.29, 0.717) is 28.3 Å². The highest BCUT2D eigenvalue weighted by Gasteiger charge is 2.27. The van der Waals surface area contributed by atoms with Gasteiger partial charge in [0.2, 0.25) is 0 Å². The maximum atomic E-state index is 12.0. The molecule has 0 radical (unpaired) electrons. The van der Waals surface area contributed by atoms with E-state index in [9.17, 15) is 14.7 Å². The molecule has 0 bridgehead atoms. The summed E-state index contributed by atoms with van der Waals surface area (Å²) in [5.74, 6) is -0.196. The van der Waals surface area contributed by atoms with Gasteiger partial charge in [0.1, 0.15) is 12.2 Å². The molecule has 2 aromatic carbocycles. The van der Waals surface area contributed by atoms with Crippen LogP contribution in [0.5, 0.6) is 11.5 Å². The normalized spacial score (nSPS) is 11.2. The number of carboxylic acid groups (broad SMARTS) is 1. The van der Waals surface area contributed by atoms with Gasteiger partial charge in [-0.3, -0.25) is 14.5 Å². The van der Waals surface area contributed by atoms with E-state index in [1.807, 2.05) is 62.2 Å². The Morgan fingerprint density at radius 3 is 2.41 bits per heavy atom. The van der Waals surface area contributed by atoms with Gasteiger partial charge in [0.05, 0.1) is 18.3 Å². The number of nitrogens with zero attached hydrogens (tertiary/aromatic N) is 2. The largest absolute Gasteiger partial charge is 0.493 e. The van der Waals surface area contributed by atoms with Crippen LogP contribution in [0.25, 0.3) is 0 Å². The van der Waals surface area contributed by atoms with Crippen LogP contribution in [0, 0.1) is 0 Å². The molecule has 3 rings (SSSR count). The Morgan fingerprint density at radius 2 is 1.81 bits per heavy atom. The standard InChI is InChI=1S/C24H25BrN2O5/c1-24(2,3)27(26-11-10-20(28)17(14-26)23(29)30)19-13-22(21(31-4)12-18(19)25)32-15-16-8-6-5-7-9-16/h5-14H,15H2,1-4H3,(H,29,30). The van der Waals surface area contributed by atoms with E-state index in [0.717, 1.165) is 5.56 Å². The highest BCUT2D eigenvalue weighted by Crippen LogP contribution is 2.41. The first-order chi connectivity index (χ1) is 15.1. The molecule has 3 aromatic rings. The molecule has 1 heterocycles. The third-order valence-corrected chi connectivity index (χ3v) is 5.34. The Balaban J connectivity index is 2.10. The average Bonchev–Trinajstić information content (AvgIpc) is 2.74. The van der Waals surface area contributed by atoms with Crippen LogP contribution in [0.2, 0.25) is 0 Å². The number of ether oxygens (including phenoxy) is 2. The highest BCUT2D eigenvalue weighted by molar-refractivity contribution is 9.10. The van der Waals surface area contributed by atoms with Gasteiger partial charge in [0.15, 0.2) is 16.9 Å². The zero-order valence-corrected chi connectivity index (χ0v) is 19.9. The van der Waals surface area contributed by atoms with Crippen molar-refractivity contribution < 1.29 is 19.4 Å². The zero-order valence-electron chi connectivity index (χ0n) is 18.3. The lowest BCUT2D eigenvalue weighted by Crippen LogP contribution is -2.46. The fraction of sp³-hybridized carbons (Fsp3) is 0.250. The Bertz CT molecular complexity index is 1170. The fourth-order valence-corrected chi connectivity index (χ4v) is 3.77. The quantitative estimate of drug-likeness (QED) is 0.493. The monoisotopic (exact) mass is 500 g/mol. The number of aromatic nitrogens is 1. The van der Waals surface area contributed by atoms with Crippen molar-refractivity contribution in [2.24, 2.45) is 0 Å². The fourth-order valence-electron chi connectivity index (χ4n) is 3.28. The first-order valence-electron chi connectivity index (χ1n) is 9.92. The van der Waals surface area contributed by atoms with E-state index in [4.69, 9.17) is 9.47 Å². The molecule has 0 saturated carbocycles. The predicted molar refractivity (Wildman–Crippen MR) is 127 cm³/mol. The number of benzene rings is 2. The molecule has 0 aliphatic carbocycles. The summed E-state index contributed by atoms with van der Waals surface area (Å²) in [5.41, 5.74) is 0.369. The molecule has 1 aromatic heterocycles. The molecule has 32 heavy (non-hydrogen) atoms. The summed E-state index contributed by atoms with van der Waals surface area (Å²) >= 11 is 3.60.